The minimum atomic E-state index is -3.76. The number of primary amides is 1. The molecule has 13 heteroatoms. The summed E-state index contributed by atoms with van der Waals surface area (Å²) in [5.74, 6) is -3.19. The lowest BCUT2D eigenvalue weighted by Gasteiger charge is -2.49. The van der Waals surface area contributed by atoms with Gasteiger partial charge >= 0.3 is 6.03 Å². The Labute approximate surface area is 292 Å². The van der Waals surface area contributed by atoms with Crippen molar-refractivity contribution in [1.29, 1.82) is 0 Å². The van der Waals surface area contributed by atoms with E-state index in [1.807, 2.05) is 41.5 Å². The van der Waals surface area contributed by atoms with E-state index in [0.29, 0.717) is 12.8 Å². The van der Waals surface area contributed by atoms with Crippen LogP contribution < -0.4 is 21.7 Å². The molecule has 1 heterocycles. The van der Waals surface area contributed by atoms with Crippen LogP contribution in [0.2, 0.25) is 0 Å². The molecule has 1 aliphatic heterocycles. The molecule has 0 spiro atoms. The second-order valence-electron chi connectivity index (χ2n) is 16.9. The zero-order chi connectivity index (χ0) is 37.1. The quantitative estimate of drug-likeness (QED) is 0.240. The van der Waals surface area contributed by atoms with Crippen LogP contribution in [-0.4, -0.2) is 79.3 Å². The van der Waals surface area contributed by atoms with Crippen molar-refractivity contribution in [2.75, 3.05) is 12.3 Å². The molecule has 2 unspecified atom stereocenters. The van der Waals surface area contributed by atoms with E-state index in [4.69, 9.17) is 5.73 Å². The molecule has 1 saturated carbocycles. The van der Waals surface area contributed by atoms with Gasteiger partial charge in [-0.05, 0) is 53.1 Å². The van der Waals surface area contributed by atoms with Gasteiger partial charge in [0.15, 0.2) is 9.84 Å². The first-order valence-corrected chi connectivity index (χ1v) is 18.9. The second-order valence-corrected chi connectivity index (χ2v) is 18.9. The van der Waals surface area contributed by atoms with Gasteiger partial charge in [0.2, 0.25) is 17.6 Å². The van der Waals surface area contributed by atoms with E-state index >= 15 is 0 Å². The van der Waals surface area contributed by atoms with Crippen molar-refractivity contribution in [3.8, 4) is 0 Å². The number of piperidine rings is 1. The Balaban J connectivity index is 1.87. The number of hydrogen-bond acceptors (Lipinski definition) is 7. The van der Waals surface area contributed by atoms with Crippen LogP contribution in [0.3, 0.4) is 0 Å². The monoisotopic (exact) mass is 703 g/mol. The number of carbonyl (C=O) groups is 5. The molecule has 49 heavy (non-hydrogen) atoms. The number of amides is 5. The van der Waals surface area contributed by atoms with Crippen LogP contribution in [0.25, 0.3) is 0 Å². The molecule has 0 bridgehead atoms. The van der Waals surface area contributed by atoms with Crippen LogP contribution in [0.15, 0.2) is 35.2 Å². The lowest BCUT2D eigenvalue weighted by atomic mass is 9.71. The fourth-order valence-electron chi connectivity index (χ4n) is 6.29. The van der Waals surface area contributed by atoms with Crippen molar-refractivity contribution < 1.29 is 32.4 Å². The average Bonchev–Trinajstić information content (AvgIpc) is 2.96. The van der Waals surface area contributed by atoms with Gasteiger partial charge in [0, 0.05) is 12.6 Å². The number of urea groups is 1. The van der Waals surface area contributed by atoms with Gasteiger partial charge in [0.05, 0.1) is 16.7 Å². The highest BCUT2D eigenvalue weighted by Gasteiger charge is 2.48. The summed E-state index contributed by atoms with van der Waals surface area (Å²) in [6.45, 7) is 17.1. The van der Waals surface area contributed by atoms with E-state index in [2.05, 4.69) is 16.0 Å². The Morgan fingerprint density at radius 2 is 1.53 bits per heavy atom. The van der Waals surface area contributed by atoms with Gasteiger partial charge in [-0.15, -0.1) is 0 Å². The number of nitrogens with zero attached hydrogens (tertiary/aromatic N) is 1. The van der Waals surface area contributed by atoms with Crippen LogP contribution in [0.4, 0.5) is 4.79 Å². The van der Waals surface area contributed by atoms with Crippen LogP contribution in [-0.2, 0) is 29.0 Å². The molecule has 1 aliphatic carbocycles. The number of nitrogens with one attached hydrogen (secondary N) is 3. The number of benzene rings is 1. The zero-order valence-electron chi connectivity index (χ0n) is 30.6. The van der Waals surface area contributed by atoms with E-state index < -0.39 is 74.4 Å². The highest BCUT2D eigenvalue weighted by atomic mass is 32.2. The number of likely N-dealkylation sites (tertiary alicyclic amines) is 1. The van der Waals surface area contributed by atoms with E-state index in [9.17, 15) is 32.4 Å². The Morgan fingerprint density at radius 3 is 2.02 bits per heavy atom. The first kappa shape index (κ1) is 40.0. The summed E-state index contributed by atoms with van der Waals surface area (Å²) in [6.07, 6.45) is 3.40. The summed E-state index contributed by atoms with van der Waals surface area (Å²) < 4.78 is 26.5. The molecule has 5 amide bonds. The van der Waals surface area contributed by atoms with Crippen molar-refractivity contribution in [3.63, 3.8) is 0 Å². The molecular weight excluding hydrogens is 646 g/mol. The highest BCUT2D eigenvalue weighted by molar-refractivity contribution is 7.91. The van der Waals surface area contributed by atoms with Gasteiger partial charge in [0.1, 0.15) is 12.1 Å². The van der Waals surface area contributed by atoms with E-state index in [1.54, 1.807) is 39.0 Å². The predicted molar refractivity (Wildman–Crippen MR) is 188 cm³/mol. The van der Waals surface area contributed by atoms with E-state index in [-0.39, 0.29) is 34.4 Å². The van der Waals surface area contributed by atoms with Gasteiger partial charge in [-0.2, -0.15) is 0 Å². The number of hydrogen-bond donors (Lipinski definition) is 4. The number of ketones is 1. The first-order chi connectivity index (χ1) is 22.4. The molecule has 2 fully saturated rings. The maximum atomic E-state index is 14.5. The molecule has 5 atom stereocenters. The van der Waals surface area contributed by atoms with Gasteiger partial charge < -0.3 is 26.6 Å². The van der Waals surface area contributed by atoms with Crippen LogP contribution in [0.1, 0.15) is 94.4 Å². The fourth-order valence-corrected chi connectivity index (χ4v) is 8.07. The molecule has 2 aliphatic rings. The molecule has 1 saturated heterocycles. The predicted octanol–water partition coefficient (Wildman–Crippen LogP) is 3.58. The molecule has 0 aromatic heterocycles. The van der Waals surface area contributed by atoms with Gasteiger partial charge in [0.25, 0.3) is 5.91 Å². The van der Waals surface area contributed by atoms with Crippen LogP contribution in [0, 0.1) is 28.1 Å². The molecule has 3 rings (SSSR count). The molecule has 12 nitrogen and oxygen atoms in total. The van der Waals surface area contributed by atoms with Crippen molar-refractivity contribution in [2.24, 2.45) is 33.8 Å². The summed E-state index contributed by atoms with van der Waals surface area (Å²) in [5, 5.41) is 8.39. The molecule has 5 N–H and O–H groups in total. The van der Waals surface area contributed by atoms with E-state index in [0.717, 1.165) is 19.3 Å². The number of carbonyl (C=O) groups excluding carboxylic acids is 5. The normalized spacial score (nSPS) is 21.8. The highest BCUT2D eigenvalue weighted by Crippen LogP contribution is 2.40. The Hall–Kier alpha value is -3.48. The largest absolute Gasteiger partial charge is 0.363 e. The summed E-state index contributed by atoms with van der Waals surface area (Å²) in [7, 11) is -3.76. The standard InChI is InChI=1S/C36H57N5O7S/c1-22-20-41(26(19-36(22,8)9)31(44)38-25(28(42)30(37)43)18-23-14-13-15-23)32(45)29(35(5,6)7)40-33(46)39-27(34(2,3)4)21-49(47,48)24-16-11-10-12-17-24/h10-12,16-17,22-23,25-27,29H,13-15,18-21H2,1-9H3,(H2,37,43)(H,38,44)(H2,39,40,46)/t22?,25?,26-,27+,29+/m0/s1. The Bertz CT molecular complexity index is 1490. The number of rotatable bonds is 12. The molecular formula is C36H57N5O7S. The van der Waals surface area contributed by atoms with Gasteiger partial charge in [-0.25, -0.2) is 13.2 Å². The average molecular weight is 704 g/mol. The molecule has 0 radical (unpaired) electrons. The molecule has 1 aromatic carbocycles. The fraction of sp³-hybridized carbons (Fsp3) is 0.694. The maximum absolute atomic E-state index is 14.5. The summed E-state index contributed by atoms with van der Waals surface area (Å²) >= 11 is 0. The molecule has 1 aromatic rings. The Morgan fingerprint density at radius 1 is 0.939 bits per heavy atom. The number of sulfone groups is 1. The van der Waals surface area contributed by atoms with Crippen LogP contribution >= 0.6 is 0 Å². The van der Waals surface area contributed by atoms with Gasteiger partial charge in [-0.3, -0.25) is 19.2 Å². The third-order valence-electron chi connectivity index (χ3n) is 10.4. The lowest BCUT2D eigenvalue weighted by molar-refractivity contribution is -0.151. The summed E-state index contributed by atoms with van der Waals surface area (Å²) in [4.78, 5) is 68.3. The first-order valence-electron chi connectivity index (χ1n) is 17.2. The third-order valence-corrected chi connectivity index (χ3v) is 12.1. The maximum Gasteiger partial charge on any atom is 0.315 e. The van der Waals surface area contributed by atoms with Crippen molar-refractivity contribution in [2.45, 2.75) is 123 Å². The van der Waals surface area contributed by atoms with E-state index in [1.165, 1.54) is 17.0 Å². The summed E-state index contributed by atoms with van der Waals surface area (Å²) in [6, 6.07) is 3.34. The smallest absolute Gasteiger partial charge is 0.315 e. The minimum absolute atomic E-state index is 0.0126. The number of Topliss-reactive ketones (excluding diaryl/α,β-unsaturated/α-hetero) is 1. The minimum Gasteiger partial charge on any atom is -0.363 e. The lowest BCUT2D eigenvalue weighted by Crippen LogP contribution is -2.65. The summed E-state index contributed by atoms with van der Waals surface area (Å²) in [5.41, 5.74) is 3.52. The van der Waals surface area contributed by atoms with Gasteiger partial charge in [-0.1, -0.05) is 99.8 Å². The number of nitrogens with two attached hydrogens (primary N) is 1. The molecule has 274 valence electrons. The zero-order valence-corrected chi connectivity index (χ0v) is 31.4. The third kappa shape index (κ3) is 10.3. The SMILES string of the molecule is CC1CN(C(=O)[C@@H](NC(=O)N[C@H](CS(=O)(=O)c2ccccc2)C(C)(C)C)C(C)(C)C)[C@H](C(=O)NC(CC2CCC2)C(=O)C(N)=O)CC1(C)C. The second kappa shape index (κ2) is 15.2. The van der Waals surface area contributed by atoms with Crippen molar-refractivity contribution in [3.05, 3.63) is 30.3 Å². The van der Waals surface area contributed by atoms with Crippen molar-refractivity contribution >= 4 is 39.4 Å². The topological polar surface area (TPSA) is 185 Å². The Kier molecular flexibility index (Phi) is 12.4. The van der Waals surface area contributed by atoms with Crippen LogP contribution in [0.5, 0.6) is 0 Å². The van der Waals surface area contributed by atoms with Crippen molar-refractivity contribution in [1.82, 2.24) is 20.9 Å².